The number of rotatable bonds is 6. The van der Waals surface area contributed by atoms with Crippen molar-refractivity contribution in [2.75, 3.05) is 11.9 Å². The van der Waals surface area contributed by atoms with Crippen LogP contribution in [-0.4, -0.2) is 17.6 Å². The highest BCUT2D eigenvalue weighted by Gasteiger charge is 2.23. The van der Waals surface area contributed by atoms with Gasteiger partial charge in [0.15, 0.2) is 5.96 Å². The molecule has 5 heteroatoms. The molecule has 0 aliphatic rings. The smallest absolute Gasteiger partial charge is 0.193 e. The Hall–Kier alpha value is -1.85. The normalized spacial score (nSPS) is 15.9. The van der Waals surface area contributed by atoms with Crippen LogP contribution in [0.1, 0.15) is 44.2 Å². The quantitative estimate of drug-likeness (QED) is 0.555. The molecule has 2 aromatic rings. The third kappa shape index (κ3) is 4.81. The van der Waals surface area contributed by atoms with E-state index in [9.17, 15) is 5.11 Å². The highest BCUT2D eigenvalue weighted by molar-refractivity contribution is 7.08. The van der Waals surface area contributed by atoms with E-state index in [1.165, 1.54) is 5.56 Å². The van der Waals surface area contributed by atoms with Gasteiger partial charge in [-0.25, -0.2) is 4.99 Å². The molecule has 124 valence electrons. The van der Waals surface area contributed by atoms with Crippen molar-refractivity contribution in [2.45, 2.75) is 38.7 Å². The van der Waals surface area contributed by atoms with Crippen LogP contribution in [0.25, 0.3) is 0 Å². The first-order chi connectivity index (χ1) is 10.9. The summed E-state index contributed by atoms with van der Waals surface area (Å²) in [6.07, 6.45) is 1.12. The lowest BCUT2D eigenvalue weighted by atomic mass is 9.99. The highest BCUT2D eigenvalue weighted by Crippen LogP contribution is 2.23. The average molecular weight is 331 g/mol. The molecular weight excluding hydrogens is 306 g/mol. The number of nitrogens with two attached hydrogens (primary N) is 1. The summed E-state index contributed by atoms with van der Waals surface area (Å²) in [5.41, 5.74) is 7.98. The van der Waals surface area contributed by atoms with Crippen LogP contribution < -0.4 is 11.1 Å². The summed E-state index contributed by atoms with van der Waals surface area (Å²) in [4.78, 5) is 4.26. The molecule has 0 spiro atoms. The maximum absolute atomic E-state index is 10.4. The molecule has 0 saturated heterocycles. The molecule has 1 aromatic carbocycles. The first-order valence-electron chi connectivity index (χ1n) is 7.84. The lowest BCUT2D eigenvalue weighted by Gasteiger charge is -2.20. The molecular formula is C18H25N3OS. The molecule has 0 bridgehead atoms. The molecule has 0 radical (unpaired) electrons. The predicted octanol–water partition coefficient (Wildman–Crippen LogP) is 3.90. The Bertz CT molecular complexity index is 633. The Morgan fingerprint density at radius 2 is 2.04 bits per heavy atom. The van der Waals surface area contributed by atoms with Crippen LogP contribution in [-0.2, 0) is 5.60 Å². The van der Waals surface area contributed by atoms with E-state index in [1.807, 2.05) is 29.0 Å². The molecule has 4 nitrogen and oxygen atoms in total. The molecule has 2 unspecified atom stereocenters. The van der Waals surface area contributed by atoms with Gasteiger partial charge in [-0.3, -0.25) is 0 Å². The Labute approximate surface area is 142 Å². The van der Waals surface area contributed by atoms with E-state index in [4.69, 9.17) is 5.73 Å². The Kier molecular flexibility index (Phi) is 5.80. The van der Waals surface area contributed by atoms with Crippen molar-refractivity contribution < 1.29 is 5.11 Å². The van der Waals surface area contributed by atoms with Crippen molar-refractivity contribution in [1.29, 1.82) is 0 Å². The number of guanidine groups is 1. The second kappa shape index (κ2) is 7.62. The first kappa shape index (κ1) is 17.5. The third-order valence-electron chi connectivity index (χ3n) is 4.06. The minimum Gasteiger partial charge on any atom is -0.383 e. The molecule has 0 amide bonds. The van der Waals surface area contributed by atoms with Gasteiger partial charge < -0.3 is 16.2 Å². The molecule has 0 aliphatic heterocycles. The molecule has 4 N–H and O–H groups in total. The molecule has 1 aromatic heterocycles. The van der Waals surface area contributed by atoms with Gasteiger partial charge in [0, 0.05) is 5.69 Å². The van der Waals surface area contributed by atoms with Gasteiger partial charge in [-0.05, 0) is 59.3 Å². The Morgan fingerprint density at radius 3 is 2.61 bits per heavy atom. The average Bonchev–Trinajstić information content (AvgIpc) is 3.08. The summed E-state index contributed by atoms with van der Waals surface area (Å²) in [6, 6.07) is 10.1. The zero-order valence-corrected chi connectivity index (χ0v) is 14.7. The highest BCUT2D eigenvalue weighted by atomic mass is 32.1. The van der Waals surface area contributed by atoms with E-state index >= 15 is 0 Å². The number of aliphatic imine (C=N–C) groups is 1. The van der Waals surface area contributed by atoms with E-state index in [0.717, 1.165) is 17.7 Å². The third-order valence-corrected chi connectivity index (χ3v) is 4.75. The number of nitrogens with zero attached hydrogens (tertiary/aromatic N) is 1. The second-order valence-electron chi connectivity index (χ2n) is 6.04. The zero-order chi connectivity index (χ0) is 16.9. The fraction of sp³-hybridized carbons (Fsp3) is 0.389. The van der Waals surface area contributed by atoms with Gasteiger partial charge in [0.25, 0.3) is 0 Å². The van der Waals surface area contributed by atoms with Crippen LogP contribution in [0, 0.1) is 0 Å². The Balaban J connectivity index is 1.97. The first-order valence-corrected chi connectivity index (χ1v) is 8.78. The molecule has 2 atom stereocenters. The topological polar surface area (TPSA) is 70.6 Å². The van der Waals surface area contributed by atoms with Crippen molar-refractivity contribution >= 4 is 23.0 Å². The lowest BCUT2D eigenvalue weighted by Crippen LogP contribution is -2.29. The molecule has 2 rings (SSSR count). The molecule has 0 saturated carbocycles. The Morgan fingerprint density at radius 1 is 1.35 bits per heavy atom. The maximum atomic E-state index is 10.4. The lowest BCUT2D eigenvalue weighted by molar-refractivity contribution is 0.0678. The van der Waals surface area contributed by atoms with Crippen LogP contribution >= 0.6 is 11.3 Å². The van der Waals surface area contributed by atoms with Crippen molar-refractivity contribution in [3.8, 4) is 0 Å². The second-order valence-corrected chi connectivity index (χ2v) is 6.82. The predicted molar refractivity (Wildman–Crippen MR) is 99.1 cm³/mol. The number of hydrogen-bond acceptors (Lipinski definition) is 3. The SMILES string of the molecule is CCC(C)c1ccc(NC(N)=NCC(C)(O)c2ccsc2)cc1. The van der Waals surface area contributed by atoms with Crippen molar-refractivity contribution in [3.63, 3.8) is 0 Å². The van der Waals surface area contributed by atoms with Gasteiger partial charge in [-0.1, -0.05) is 26.0 Å². The number of aliphatic hydroxyl groups is 1. The number of anilines is 1. The fourth-order valence-electron chi connectivity index (χ4n) is 2.22. The van der Waals surface area contributed by atoms with E-state index in [-0.39, 0.29) is 6.54 Å². The standard InChI is InChI=1S/C18H25N3OS/c1-4-13(2)14-5-7-16(8-6-14)21-17(19)20-12-18(3,22)15-9-10-23-11-15/h5-11,13,22H,4,12H2,1-3H3,(H3,19,20,21). The molecule has 0 fully saturated rings. The van der Waals surface area contributed by atoms with Crippen LogP contribution in [0.15, 0.2) is 46.1 Å². The zero-order valence-electron chi connectivity index (χ0n) is 13.9. The van der Waals surface area contributed by atoms with Crippen LogP contribution in [0.2, 0.25) is 0 Å². The molecule has 23 heavy (non-hydrogen) atoms. The number of benzene rings is 1. The minimum atomic E-state index is -1.01. The number of hydrogen-bond donors (Lipinski definition) is 3. The van der Waals surface area contributed by atoms with Crippen LogP contribution in [0.3, 0.4) is 0 Å². The van der Waals surface area contributed by atoms with Gasteiger partial charge in [-0.2, -0.15) is 11.3 Å². The van der Waals surface area contributed by atoms with E-state index in [1.54, 1.807) is 18.3 Å². The molecule has 0 aliphatic carbocycles. The van der Waals surface area contributed by atoms with Crippen molar-refractivity contribution in [1.82, 2.24) is 0 Å². The summed E-state index contributed by atoms with van der Waals surface area (Å²) in [6.45, 7) is 6.35. The van der Waals surface area contributed by atoms with E-state index in [0.29, 0.717) is 11.9 Å². The largest absolute Gasteiger partial charge is 0.383 e. The summed E-state index contributed by atoms with van der Waals surface area (Å²) < 4.78 is 0. The van der Waals surface area contributed by atoms with Gasteiger partial charge >= 0.3 is 0 Å². The summed E-state index contributed by atoms with van der Waals surface area (Å²) in [5, 5.41) is 17.4. The van der Waals surface area contributed by atoms with Gasteiger partial charge in [0.1, 0.15) is 5.60 Å². The summed E-state index contributed by atoms with van der Waals surface area (Å²) in [7, 11) is 0. The van der Waals surface area contributed by atoms with Crippen molar-refractivity contribution in [3.05, 3.63) is 52.2 Å². The van der Waals surface area contributed by atoms with E-state index < -0.39 is 5.60 Å². The number of nitrogens with one attached hydrogen (secondary N) is 1. The minimum absolute atomic E-state index is 0.216. The molecule has 1 heterocycles. The number of thiophene rings is 1. The van der Waals surface area contributed by atoms with Gasteiger partial charge in [0.2, 0.25) is 0 Å². The van der Waals surface area contributed by atoms with Crippen LogP contribution in [0.4, 0.5) is 5.69 Å². The van der Waals surface area contributed by atoms with Gasteiger partial charge in [-0.15, -0.1) is 0 Å². The van der Waals surface area contributed by atoms with Gasteiger partial charge in [0.05, 0.1) is 6.54 Å². The van der Waals surface area contributed by atoms with E-state index in [2.05, 4.69) is 36.3 Å². The fourth-order valence-corrected chi connectivity index (χ4v) is 3.00. The summed E-state index contributed by atoms with van der Waals surface area (Å²) in [5.74, 6) is 0.854. The summed E-state index contributed by atoms with van der Waals surface area (Å²) >= 11 is 1.55. The maximum Gasteiger partial charge on any atom is 0.193 e. The van der Waals surface area contributed by atoms with Crippen molar-refractivity contribution in [2.24, 2.45) is 10.7 Å². The van der Waals surface area contributed by atoms with Crippen LogP contribution in [0.5, 0.6) is 0 Å². The monoisotopic (exact) mass is 331 g/mol.